The summed E-state index contributed by atoms with van der Waals surface area (Å²) in [6.07, 6.45) is 0. The topological polar surface area (TPSA) is 0 Å². The minimum Gasteiger partial charge on any atom is -0.135 e. The number of benzene rings is 4. The van der Waals surface area contributed by atoms with Crippen molar-refractivity contribution in [3.8, 4) is 22.3 Å². The highest BCUT2D eigenvalue weighted by Gasteiger charge is 2.10. The van der Waals surface area contributed by atoms with Crippen LogP contribution in [0.25, 0.3) is 42.4 Å². The molecule has 5 rings (SSSR count). The zero-order valence-corrected chi connectivity index (χ0v) is 14.4. The van der Waals surface area contributed by atoms with Crippen LogP contribution in [-0.2, 0) is 0 Å². The number of thiophene rings is 1. The molecule has 1 radical (unpaired) electrons. The molecular formula is C24H15S. The predicted octanol–water partition coefficient (Wildman–Crippen LogP) is 7.19. The molecule has 0 amide bonds. The molecular weight excluding hydrogens is 320 g/mol. The lowest BCUT2D eigenvalue weighted by molar-refractivity contribution is 1.60. The minimum absolute atomic E-state index is 1.23. The Morgan fingerprint density at radius 3 is 2.28 bits per heavy atom. The van der Waals surface area contributed by atoms with Crippen molar-refractivity contribution in [3.05, 3.63) is 97.1 Å². The molecule has 0 nitrogen and oxygen atoms in total. The van der Waals surface area contributed by atoms with Gasteiger partial charge in [-0.2, -0.15) is 0 Å². The highest BCUT2D eigenvalue weighted by Crippen LogP contribution is 2.40. The molecule has 1 aromatic heterocycles. The van der Waals surface area contributed by atoms with Gasteiger partial charge < -0.3 is 0 Å². The predicted molar refractivity (Wildman–Crippen MR) is 109 cm³/mol. The van der Waals surface area contributed by atoms with Gasteiger partial charge in [-0.3, -0.25) is 0 Å². The molecule has 0 spiro atoms. The first kappa shape index (κ1) is 14.4. The Morgan fingerprint density at radius 2 is 1.36 bits per heavy atom. The zero-order chi connectivity index (χ0) is 16.6. The highest BCUT2D eigenvalue weighted by atomic mass is 32.1. The molecule has 0 aliphatic carbocycles. The van der Waals surface area contributed by atoms with Crippen molar-refractivity contribution in [1.82, 2.24) is 0 Å². The van der Waals surface area contributed by atoms with E-state index in [9.17, 15) is 0 Å². The van der Waals surface area contributed by atoms with Crippen molar-refractivity contribution < 1.29 is 0 Å². The Kier molecular flexibility index (Phi) is 3.39. The first-order valence-corrected chi connectivity index (χ1v) is 9.19. The number of fused-ring (bicyclic) bond motifs is 3. The number of hydrogen-bond acceptors (Lipinski definition) is 1. The Bertz CT molecular complexity index is 1180. The average Bonchev–Trinajstić information content (AvgIpc) is 3.07. The first-order valence-electron chi connectivity index (χ1n) is 8.37. The molecule has 0 N–H and O–H groups in total. The number of hydrogen-bond donors (Lipinski definition) is 0. The molecule has 117 valence electrons. The summed E-state index contributed by atoms with van der Waals surface area (Å²) in [5.74, 6) is 0. The Morgan fingerprint density at radius 1 is 0.600 bits per heavy atom. The van der Waals surface area contributed by atoms with Crippen molar-refractivity contribution >= 4 is 31.5 Å². The van der Waals surface area contributed by atoms with Crippen molar-refractivity contribution in [1.29, 1.82) is 0 Å². The van der Waals surface area contributed by atoms with Gasteiger partial charge in [0, 0.05) is 20.2 Å². The molecule has 1 heterocycles. The van der Waals surface area contributed by atoms with E-state index in [2.05, 4.69) is 84.9 Å². The normalized spacial score (nSPS) is 11.2. The number of rotatable bonds is 2. The van der Waals surface area contributed by atoms with E-state index in [-0.39, 0.29) is 0 Å². The Hall–Kier alpha value is -2.90. The van der Waals surface area contributed by atoms with Crippen molar-refractivity contribution in [2.75, 3.05) is 0 Å². The highest BCUT2D eigenvalue weighted by molar-refractivity contribution is 7.26. The van der Waals surface area contributed by atoms with E-state index < -0.39 is 0 Å². The van der Waals surface area contributed by atoms with Gasteiger partial charge in [0.1, 0.15) is 0 Å². The summed E-state index contributed by atoms with van der Waals surface area (Å²) in [4.78, 5) is 0. The second-order valence-corrected chi connectivity index (χ2v) is 7.20. The summed E-state index contributed by atoms with van der Waals surface area (Å²) in [5.41, 5.74) is 5.04. The molecule has 0 bridgehead atoms. The summed E-state index contributed by atoms with van der Waals surface area (Å²) in [6, 6.07) is 35.3. The molecule has 0 unspecified atom stereocenters. The molecule has 0 fully saturated rings. The van der Waals surface area contributed by atoms with Crippen LogP contribution < -0.4 is 0 Å². The maximum Gasteiger partial charge on any atom is 0.0433 e. The summed E-state index contributed by atoms with van der Waals surface area (Å²) in [5, 5.41) is 2.69. The summed E-state index contributed by atoms with van der Waals surface area (Å²) in [6.45, 7) is 0. The van der Waals surface area contributed by atoms with Crippen LogP contribution in [-0.4, -0.2) is 0 Å². The third kappa shape index (κ3) is 2.45. The van der Waals surface area contributed by atoms with E-state index in [1.54, 1.807) is 0 Å². The zero-order valence-electron chi connectivity index (χ0n) is 13.6. The molecule has 4 aromatic carbocycles. The van der Waals surface area contributed by atoms with Gasteiger partial charge in [-0.05, 0) is 40.5 Å². The van der Waals surface area contributed by atoms with Crippen LogP contribution in [0, 0.1) is 6.07 Å². The van der Waals surface area contributed by atoms with Crippen molar-refractivity contribution in [3.63, 3.8) is 0 Å². The quantitative estimate of drug-likeness (QED) is 0.320. The van der Waals surface area contributed by atoms with E-state index in [4.69, 9.17) is 0 Å². The fourth-order valence-electron chi connectivity index (χ4n) is 3.42. The van der Waals surface area contributed by atoms with Crippen LogP contribution in [0.3, 0.4) is 0 Å². The van der Waals surface area contributed by atoms with Gasteiger partial charge in [0.2, 0.25) is 0 Å². The SMILES string of the molecule is [c]1ccc(-c2cccc(-c3cccc4c3sc3ccccc34)c2)cc1. The fourth-order valence-corrected chi connectivity index (χ4v) is 4.66. The van der Waals surface area contributed by atoms with E-state index in [1.807, 2.05) is 23.5 Å². The van der Waals surface area contributed by atoms with Gasteiger partial charge in [0.05, 0.1) is 0 Å². The third-order valence-corrected chi connectivity index (χ3v) is 5.85. The molecule has 0 aliphatic heterocycles. The van der Waals surface area contributed by atoms with E-state index >= 15 is 0 Å². The fraction of sp³-hybridized carbons (Fsp3) is 0. The smallest absolute Gasteiger partial charge is 0.0433 e. The van der Waals surface area contributed by atoms with Crippen LogP contribution in [0.4, 0.5) is 0 Å². The molecule has 0 saturated heterocycles. The van der Waals surface area contributed by atoms with Gasteiger partial charge in [-0.1, -0.05) is 78.9 Å². The summed E-state index contributed by atoms with van der Waals surface area (Å²) >= 11 is 1.88. The molecule has 5 aromatic rings. The standard InChI is InChI=1S/C24H15S/c1-2-8-17(9-3-1)18-10-6-11-19(16-18)20-13-7-14-22-21-12-4-5-15-23(21)25-24(20)22/h2-16H. The second-order valence-electron chi connectivity index (χ2n) is 6.15. The van der Waals surface area contributed by atoms with Crippen molar-refractivity contribution in [2.45, 2.75) is 0 Å². The van der Waals surface area contributed by atoms with Gasteiger partial charge in [-0.25, -0.2) is 0 Å². The van der Waals surface area contributed by atoms with Crippen LogP contribution in [0.5, 0.6) is 0 Å². The lowest BCUT2D eigenvalue weighted by Crippen LogP contribution is -1.81. The van der Waals surface area contributed by atoms with Gasteiger partial charge in [0.15, 0.2) is 0 Å². The maximum atomic E-state index is 3.09. The first-order chi connectivity index (χ1) is 12.4. The maximum absolute atomic E-state index is 3.09. The largest absolute Gasteiger partial charge is 0.135 e. The molecule has 0 aliphatic rings. The average molecular weight is 335 g/mol. The Balaban J connectivity index is 1.74. The molecule has 1 heteroatoms. The van der Waals surface area contributed by atoms with Crippen LogP contribution in [0.1, 0.15) is 0 Å². The van der Waals surface area contributed by atoms with Gasteiger partial charge in [0.25, 0.3) is 0 Å². The van der Waals surface area contributed by atoms with Crippen molar-refractivity contribution in [2.24, 2.45) is 0 Å². The van der Waals surface area contributed by atoms with Gasteiger partial charge >= 0.3 is 0 Å². The summed E-state index contributed by atoms with van der Waals surface area (Å²) < 4.78 is 2.71. The van der Waals surface area contributed by atoms with Crippen LogP contribution >= 0.6 is 11.3 Å². The lowest BCUT2D eigenvalue weighted by atomic mass is 9.98. The Labute approximate surface area is 151 Å². The minimum atomic E-state index is 1.23. The van der Waals surface area contributed by atoms with Crippen LogP contribution in [0.2, 0.25) is 0 Å². The van der Waals surface area contributed by atoms with Crippen LogP contribution in [0.15, 0.2) is 91.0 Å². The van der Waals surface area contributed by atoms with Gasteiger partial charge in [-0.15, -0.1) is 11.3 Å². The van der Waals surface area contributed by atoms with E-state index in [0.29, 0.717) is 0 Å². The molecule has 25 heavy (non-hydrogen) atoms. The van der Waals surface area contributed by atoms with E-state index in [1.165, 1.54) is 42.4 Å². The molecule has 0 saturated carbocycles. The second kappa shape index (κ2) is 5.87. The summed E-state index contributed by atoms with van der Waals surface area (Å²) in [7, 11) is 0. The van der Waals surface area contributed by atoms with E-state index in [0.717, 1.165) is 0 Å². The third-order valence-electron chi connectivity index (χ3n) is 4.63. The molecule has 0 atom stereocenters. The lowest BCUT2D eigenvalue weighted by Gasteiger charge is -2.07. The monoisotopic (exact) mass is 335 g/mol.